The summed E-state index contributed by atoms with van der Waals surface area (Å²) >= 11 is 0. The molecule has 0 N–H and O–H groups in total. The maximum absolute atomic E-state index is 13.3. The van der Waals surface area contributed by atoms with Crippen LogP contribution in [0.5, 0.6) is 0 Å². The standard InChI is InChI=1S/C12H8F10/c13-9(14,11(17,18)19)6-5-8(7-3-1-2-4-7)10(15,16)12(20,21)22/h1-4H2. The first kappa shape index (κ1) is 18.6. The van der Waals surface area contributed by atoms with Crippen molar-refractivity contribution < 1.29 is 43.9 Å². The molecule has 0 amide bonds. The quantitative estimate of drug-likeness (QED) is 0.451. The van der Waals surface area contributed by atoms with Gasteiger partial charge in [0.05, 0.1) is 5.57 Å². The van der Waals surface area contributed by atoms with Gasteiger partial charge in [-0.1, -0.05) is 11.5 Å². The Bertz CT molecular complexity index is 501. The van der Waals surface area contributed by atoms with Crippen molar-refractivity contribution in [2.24, 2.45) is 0 Å². The molecule has 0 unspecified atom stereocenters. The van der Waals surface area contributed by atoms with Crippen LogP contribution >= 0.6 is 0 Å². The molecule has 0 spiro atoms. The van der Waals surface area contributed by atoms with E-state index in [4.69, 9.17) is 0 Å². The Morgan fingerprint density at radius 3 is 1.55 bits per heavy atom. The van der Waals surface area contributed by atoms with Gasteiger partial charge < -0.3 is 0 Å². The van der Waals surface area contributed by atoms with Gasteiger partial charge in [0.15, 0.2) is 0 Å². The molecule has 10 heteroatoms. The highest BCUT2D eigenvalue weighted by Crippen LogP contribution is 2.45. The summed E-state index contributed by atoms with van der Waals surface area (Å²) in [4.78, 5) is 0. The van der Waals surface area contributed by atoms with Crippen molar-refractivity contribution in [2.75, 3.05) is 0 Å². The van der Waals surface area contributed by atoms with E-state index in [9.17, 15) is 43.9 Å². The first-order chi connectivity index (χ1) is 9.70. The minimum absolute atomic E-state index is 0.208. The summed E-state index contributed by atoms with van der Waals surface area (Å²) in [6.45, 7) is 0. The van der Waals surface area contributed by atoms with E-state index in [1.807, 2.05) is 0 Å². The molecule has 1 rings (SSSR count). The van der Waals surface area contributed by atoms with Gasteiger partial charge in [-0.25, -0.2) is 0 Å². The van der Waals surface area contributed by atoms with Gasteiger partial charge in [0.1, 0.15) is 0 Å². The largest absolute Gasteiger partial charge is 0.466 e. The summed E-state index contributed by atoms with van der Waals surface area (Å²) in [5.74, 6) is -10.3. The highest BCUT2D eigenvalue weighted by Gasteiger charge is 2.61. The van der Waals surface area contributed by atoms with Gasteiger partial charge in [0.2, 0.25) is 0 Å². The molecular formula is C12H8F10. The first-order valence-corrected chi connectivity index (χ1v) is 5.85. The van der Waals surface area contributed by atoms with Crippen LogP contribution in [0.25, 0.3) is 0 Å². The van der Waals surface area contributed by atoms with Gasteiger partial charge in [0, 0.05) is 0 Å². The molecule has 0 radical (unpaired) electrons. The minimum Gasteiger partial charge on any atom is -0.190 e. The zero-order chi connectivity index (χ0) is 17.4. The average Bonchev–Trinajstić information content (AvgIpc) is 2.79. The van der Waals surface area contributed by atoms with Crippen molar-refractivity contribution in [1.82, 2.24) is 0 Å². The second kappa shape index (κ2) is 5.66. The first-order valence-electron chi connectivity index (χ1n) is 5.85. The van der Waals surface area contributed by atoms with Crippen LogP contribution in [-0.2, 0) is 0 Å². The lowest BCUT2D eigenvalue weighted by atomic mass is 10.00. The lowest BCUT2D eigenvalue weighted by Crippen LogP contribution is -2.39. The van der Waals surface area contributed by atoms with E-state index in [1.54, 1.807) is 0 Å². The molecule has 0 atom stereocenters. The molecule has 0 saturated heterocycles. The number of alkyl halides is 10. The van der Waals surface area contributed by atoms with Crippen LogP contribution in [0.3, 0.4) is 0 Å². The molecule has 0 heterocycles. The summed E-state index contributed by atoms with van der Waals surface area (Å²) in [6, 6.07) is 0. The van der Waals surface area contributed by atoms with E-state index >= 15 is 0 Å². The molecule has 1 aliphatic carbocycles. The fourth-order valence-corrected chi connectivity index (χ4v) is 1.79. The molecule has 0 aromatic heterocycles. The van der Waals surface area contributed by atoms with E-state index < -0.39 is 35.3 Å². The SMILES string of the molecule is FC(F)(F)C(F)(F)C#CC(=C1CCCC1)C(F)(F)C(F)(F)F. The summed E-state index contributed by atoms with van der Waals surface area (Å²) < 4.78 is 125. The molecule has 1 fully saturated rings. The monoisotopic (exact) mass is 342 g/mol. The van der Waals surface area contributed by atoms with Gasteiger partial charge in [0.25, 0.3) is 0 Å². The Kier molecular flexibility index (Phi) is 4.80. The zero-order valence-electron chi connectivity index (χ0n) is 10.6. The summed E-state index contributed by atoms with van der Waals surface area (Å²) in [7, 11) is 0. The molecule has 0 aromatic rings. The Morgan fingerprint density at radius 1 is 0.727 bits per heavy atom. The second-order valence-electron chi connectivity index (χ2n) is 4.58. The van der Waals surface area contributed by atoms with Crippen molar-refractivity contribution in [3.05, 3.63) is 11.1 Å². The maximum atomic E-state index is 13.3. The summed E-state index contributed by atoms with van der Waals surface area (Å²) in [5, 5.41) is 0. The fourth-order valence-electron chi connectivity index (χ4n) is 1.79. The third kappa shape index (κ3) is 3.67. The molecule has 0 aliphatic heterocycles. The number of hydrogen-bond donors (Lipinski definition) is 0. The van der Waals surface area contributed by atoms with Gasteiger partial charge >= 0.3 is 24.2 Å². The number of rotatable bonds is 1. The van der Waals surface area contributed by atoms with Crippen molar-refractivity contribution in [3.8, 4) is 11.8 Å². The maximum Gasteiger partial charge on any atom is 0.466 e. The van der Waals surface area contributed by atoms with Crippen molar-refractivity contribution in [3.63, 3.8) is 0 Å². The van der Waals surface area contributed by atoms with Crippen LogP contribution in [0, 0.1) is 11.8 Å². The van der Waals surface area contributed by atoms with E-state index in [0.717, 1.165) is 5.92 Å². The fraction of sp³-hybridized carbons (Fsp3) is 0.667. The summed E-state index contributed by atoms with van der Waals surface area (Å²) in [6.07, 6.45) is -12.4. The Balaban J connectivity index is 3.37. The van der Waals surface area contributed by atoms with Crippen LogP contribution < -0.4 is 0 Å². The third-order valence-electron chi connectivity index (χ3n) is 2.93. The Morgan fingerprint density at radius 2 is 1.18 bits per heavy atom. The third-order valence-corrected chi connectivity index (χ3v) is 2.93. The van der Waals surface area contributed by atoms with Gasteiger partial charge in [-0.15, -0.1) is 0 Å². The van der Waals surface area contributed by atoms with Crippen LogP contribution in [-0.4, -0.2) is 24.2 Å². The molecule has 0 aromatic carbocycles. The predicted molar refractivity (Wildman–Crippen MR) is 55.3 cm³/mol. The van der Waals surface area contributed by atoms with Crippen LogP contribution in [0.4, 0.5) is 43.9 Å². The number of hydrogen-bond acceptors (Lipinski definition) is 0. The topological polar surface area (TPSA) is 0 Å². The molecule has 1 saturated carbocycles. The van der Waals surface area contributed by atoms with Crippen LogP contribution in [0.15, 0.2) is 11.1 Å². The summed E-state index contributed by atoms with van der Waals surface area (Å²) in [5.41, 5.74) is -2.56. The van der Waals surface area contributed by atoms with Crippen LogP contribution in [0.1, 0.15) is 25.7 Å². The molecule has 0 bridgehead atoms. The highest BCUT2D eigenvalue weighted by molar-refractivity contribution is 5.42. The zero-order valence-corrected chi connectivity index (χ0v) is 10.6. The molecule has 126 valence electrons. The van der Waals surface area contributed by atoms with E-state index in [-0.39, 0.29) is 31.6 Å². The lowest BCUT2D eigenvalue weighted by Gasteiger charge is -2.21. The normalized spacial score (nSPS) is 17.3. The van der Waals surface area contributed by atoms with Crippen molar-refractivity contribution >= 4 is 0 Å². The highest BCUT2D eigenvalue weighted by atomic mass is 19.4. The molecule has 22 heavy (non-hydrogen) atoms. The van der Waals surface area contributed by atoms with Gasteiger partial charge in [-0.3, -0.25) is 0 Å². The number of allylic oxidation sites excluding steroid dienone is 2. The van der Waals surface area contributed by atoms with Gasteiger partial charge in [-0.2, -0.15) is 43.9 Å². The molecule has 0 nitrogen and oxygen atoms in total. The number of halogens is 10. The van der Waals surface area contributed by atoms with Crippen LogP contribution in [0.2, 0.25) is 0 Å². The minimum atomic E-state index is -6.17. The lowest BCUT2D eigenvalue weighted by molar-refractivity contribution is -0.263. The van der Waals surface area contributed by atoms with E-state index in [0.29, 0.717) is 0 Å². The van der Waals surface area contributed by atoms with Crippen molar-refractivity contribution in [1.29, 1.82) is 0 Å². The average molecular weight is 342 g/mol. The van der Waals surface area contributed by atoms with Crippen molar-refractivity contribution in [2.45, 2.75) is 49.9 Å². The second-order valence-corrected chi connectivity index (χ2v) is 4.58. The van der Waals surface area contributed by atoms with E-state index in [2.05, 4.69) is 0 Å². The van der Waals surface area contributed by atoms with E-state index in [1.165, 1.54) is 0 Å². The van der Waals surface area contributed by atoms with Gasteiger partial charge in [-0.05, 0) is 31.6 Å². The predicted octanol–water partition coefficient (Wildman–Crippen LogP) is 5.26. The molecular weight excluding hydrogens is 334 g/mol. The Labute approximate surface area is 118 Å². The smallest absolute Gasteiger partial charge is 0.190 e. The molecule has 1 aliphatic rings. The Hall–Kier alpha value is -1.40.